The summed E-state index contributed by atoms with van der Waals surface area (Å²) in [4.78, 5) is -1.89. The standard InChI is InChI=1S/C9H20Cl2N2Si.Pt/c1-14(2,3)7-4-5-8(10,12)9(11,13)6-7;/h7H,4-6,12-13H2,1-3H3;/t7-,8+,9+;/m0./s1. The monoisotopic (exact) mass is 449 g/mol. The minimum absolute atomic E-state index is 0. The van der Waals surface area contributed by atoms with Crippen LogP contribution in [0.3, 0.4) is 0 Å². The molecule has 1 aliphatic carbocycles. The Balaban J connectivity index is 0.00000196. The maximum Gasteiger partial charge on any atom is 0.123 e. The molecule has 0 amide bonds. The van der Waals surface area contributed by atoms with E-state index in [9.17, 15) is 0 Å². The molecule has 0 saturated heterocycles. The van der Waals surface area contributed by atoms with E-state index >= 15 is 0 Å². The van der Waals surface area contributed by atoms with Gasteiger partial charge in [-0.05, 0) is 24.8 Å². The smallest absolute Gasteiger partial charge is 0.123 e. The summed E-state index contributed by atoms with van der Waals surface area (Å²) >= 11 is 12.3. The molecule has 0 aromatic rings. The number of hydrogen-bond donors (Lipinski definition) is 2. The quantitative estimate of drug-likeness (QED) is 0.367. The van der Waals surface area contributed by atoms with E-state index in [1.165, 1.54) is 0 Å². The molecule has 1 aliphatic rings. The normalized spacial score (nSPS) is 42.2. The molecule has 1 fully saturated rings. The molecule has 0 radical (unpaired) electrons. The summed E-state index contributed by atoms with van der Waals surface area (Å²) in [6, 6.07) is 0. The summed E-state index contributed by atoms with van der Waals surface area (Å²) in [5.41, 5.74) is 12.5. The molecule has 1 rings (SSSR count). The molecule has 0 aromatic carbocycles. The van der Waals surface area contributed by atoms with Gasteiger partial charge in [-0.25, -0.2) is 0 Å². The van der Waals surface area contributed by atoms with Gasteiger partial charge < -0.3 is 11.5 Å². The van der Waals surface area contributed by atoms with Crippen LogP contribution in [0.15, 0.2) is 0 Å². The Morgan fingerprint density at radius 2 is 1.60 bits per heavy atom. The van der Waals surface area contributed by atoms with Crippen molar-refractivity contribution in [1.29, 1.82) is 0 Å². The summed E-state index contributed by atoms with van der Waals surface area (Å²) < 4.78 is 0. The van der Waals surface area contributed by atoms with Crippen LogP contribution in [0.2, 0.25) is 25.2 Å². The fourth-order valence-electron chi connectivity index (χ4n) is 1.96. The predicted octanol–water partition coefficient (Wildman–Crippen LogP) is 2.66. The van der Waals surface area contributed by atoms with Gasteiger partial charge in [-0.3, -0.25) is 0 Å². The van der Waals surface area contributed by atoms with Gasteiger partial charge in [0.25, 0.3) is 0 Å². The van der Waals surface area contributed by atoms with Gasteiger partial charge in [0, 0.05) is 29.1 Å². The number of alkyl halides is 2. The largest absolute Gasteiger partial charge is 0.310 e. The van der Waals surface area contributed by atoms with Crippen molar-refractivity contribution >= 4 is 31.3 Å². The first kappa shape index (κ1) is 16.4. The van der Waals surface area contributed by atoms with Crippen LogP contribution < -0.4 is 11.5 Å². The van der Waals surface area contributed by atoms with Gasteiger partial charge in [-0.15, -0.1) is 0 Å². The van der Waals surface area contributed by atoms with Gasteiger partial charge in [0.2, 0.25) is 0 Å². The third kappa shape index (κ3) is 3.69. The molecule has 0 aromatic heterocycles. The van der Waals surface area contributed by atoms with E-state index in [-0.39, 0.29) is 21.1 Å². The van der Waals surface area contributed by atoms with E-state index in [1.54, 1.807) is 0 Å². The number of halogens is 2. The van der Waals surface area contributed by atoms with Crippen LogP contribution in [0, 0.1) is 0 Å². The Hall–Kier alpha value is 1.41. The summed E-state index contributed by atoms with van der Waals surface area (Å²) in [5.74, 6) is 0. The van der Waals surface area contributed by atoms with Crippen LogP contribution in [-0.2, 0) is 21.1 Å². The van der Waals surface area contributed by atoms with Crippen LogP contribution in [0.5, 0.6) is 0 Å². The van der Waals surface area contributed by atoms with E-state index < -0.39 is 18.1 Å². The SMILES string of the molecule is C[Si](C)(C)[C@H]1CC[C@](N)(Cl)[C@@](N)(Cl)C1.[Pt]. The van der Waals surface area contributed by atoms with Crippen LogP contribution >= 0.6 is 23.2 Å². The molecule has 6 heteroatoms. The summed E-state index contributed by atoms with van der Waals surface area (Å²) in [7, 11) is -1.19. The first-order valence-electron chi connectivity index (χ1n) is 5.02. The van der Waals surface area contributed by atoms with Crippen molar-refractivity contribution in [3.8, 4) is 0 Å². The maximum absolute atomic E-state index is 6.21. The van der Waals surface area contributed by atoms with E-state index in [0.717, 1.165) is 12.8 Å². The second-order valence-corrected chi connectivity index (χ2v) is 12.4. The minimum atomic E-state index is -1.19. The van der Waals surface area contributed by atoms with E-state index in [0.29, 0.717) is 12.0 Å². The molecule has 0 heterocycles. The first-order chi connectivity index (χ1) is 6.06. The van der Waals surface area contributed by atoms with Crippen molar-refractivity contribution in [1.82, 2.24) is 0 Å². The Labute approximate surface area is 118 Å². The van der Waals surface area contributed by atoms with Gasteiger partial charge in [0.1, 0.15) is 10.00 Å². The van der Waals surface area contributed by atoms with Gasteiger partial charge >= 0.3 is 0 Å². The molecule has 0 bridgehead atoms. The second-order valence-electron chi connectivity index (χ2n) is 5.53. The minimum Gasteiger partial charge on any atom is -0.310 e. The zero-order chi connectivity index (χ0) is 11.2. The number of hydrogen-bond acceptors (Lipinski definition) is 2. The van der Waals surface area contributed by atoms with Crippen LogP contribution in [0.1, 0.15) is 19.3 Å². The molecular weight excluding hydrogens is 430 g/mol. The van der Waals surface area contributed by atoms with Crippen molar-refractivity contribution in [3.05, 3.63) is 0 Å². The second kappa shape index (κ2) is 4.95. The molecule has 0 aliphatic heterocycles. The molecule has 0 unspecified atom stereocenters. The number of nitrogens with two attached hydrogens (primary N) is 2. The van der Waals surface area contributed by atoms with E-state index in [2.05, 4.69) is 19.6 Å². The molecule has 15 heavy (non-hydrogen) atoms. The average molecular weight is 450 g/mol. The molecule has 2 nitrogen and oxygen atoms in total. The Morgan fingerprint density at radius 1 is 1.13 bits per heavy atom. The summed E-state index contributed by atoms with van der Waals surface area (Å²) in [5, 5.41) is 0. The summed E-state index contributed by atoms with van der Waals surface area (Å²) in [6.07, 6.45) is 2.51. The fourth-order valence-corrected chi connectivity index (χ4v) is 4.50. The van der Waals surface area contributed by atoms with Crippen molar-refractivity contribution in [2.75, 3.05) is 0 Å². The van der Waals surface area contributed by atoms with Crippen molar-refractivity contribution in [3.63, 3.8) is 0 Å². The summed E-state index contributed by atoms with van der Waals surface area (Å²) in [6.45, 7) is 7.01. The molecule has 94 valence electrons. The van der Waals surface area contributed by atoms with Crippen molar-refractivity contribution in [2.45, 2.75) is 54.4 Å². The fraction of sp³-hybridized carbons (Fsp3) is 1.00. The average Bonchev–Trinajstić information content (AvgIpc) is 1.92. The molecule has 4 N–H and O–H groups in total. The van der Waals surface area contributed by atoms with Gasteiger partial charge in [0.05, 0.1) is 0 Å². The Morgan fingerprint density at radius 3 is 1.93 bits per heavy atom. The van der Waals surface area contributed by atoms with E-state index in [4.69, 9.17) is 34.7 Å². The first-order valence-corrected chi connectivity index (χ1v) is 9.35. The zero-order valence-corrected chi connectivity index (χ0v) is 14.2. The molecule has 1 saturated carbocycles. The van der Waals surface area contributed by atoms with Crippen LogP contribution in [0.25, 0.3) is 0 Å². The number of rotatable bonds is 1. The maximum atomic E-state index is 6.21. The van der Waals surface area contributed by atoms with Gasteiger partial charge in [-0.2, -0.15) is 0 Å². The van der Waals surface area contributed by atoms with Gasteiger partial charge in [0.15, 0.2) is 0 Å². The van der Waals surface area contributed by atoms with Crippen molar-refractivity contribution in [2.24, 2.45) is 11.5 Å². The van der Waals surface area contributed by atoms with E-state index in [1.807, 2.05) is 0 Å². The van der Waals surface area contributed by atoms with Crippen molar-refractivity contribution < 1.29 is 21.1 Å². The Kier molecular flexibility index (Phi) is 5.42. The van der Waals surface area contributed by atoms with Gasteiger partial charge in [-0.1, -0.05) is 42.8 Å². The topological polar surface area (TPSA) is 52.0 Å². The third-order valence-electron chi connectivity index (χ3n) is 3.32. The predicted molar refractivity (Wildman–Crippen MR) is 66.5 cm³/mol. The van der Waals surface area contributed by atoms with Crippen LogP contribution in [-0.4, -0.2) is 18.1 Å². The zero-order valence-electron chi connectivity index (χ0n) is 9.43. The molecular formula is C9H20Cl2N2PtSi. The molecule has 3 atom stereocenters. The third-order valence-corrected chi connectivity index (χ3v) is 7.37. The molecule has 0 spiro atoms. The van der Waals surface area contributed by atoms with Crippen LogP contribution in [0.4, 0.5) is 0 Å². The Bertz CT molecular complexity index is 229.